The van der Waals surface area contributed by atoms with E-state index >= 15 is 0 Å². The van der Waals surface area contributed by atoms with Crippen LogP contribution in [0, 0.1) is 0 Å². The third kappa shape index (κ3) is 2.12. The number of ether oxygens (including phenoxy) is 1. The summed E-state index contributed by atoms with van der Waals surface area (Å²) in [6, 6.07) is 7.34. The van der Waals surface area contributed by atoms with Crippen molar-refractivity contribution in [2.45, 2.75) is 19.0 Å². The highest BCUT2D eigenvalue weighted by Gasteiger charge is 2.35. The summed E-state index contributed by atoms with van der Waals surface area (Å²) in [5, 5.41) is 3.05. The third-order valence-electron chi connectivity index (χ3n) is 2.77. The maximum atomic E-state index is 14.3. The number of hydrogen-bond acceptors (Lipinski definition) is 2. The van der Waals surface area contributed by atoms with E-state index in [4.69, 9.17) is 4.74 Å². The molecule has 0 saturated carbocycles. The van der Waals surface area contributed by atoms with Crippen molar-refractivity contribution < 1.29 is 9.13 Å². The third-order valence-corrected chi connectivity index (χ3v) is 2.77. The Labute approximate surface area is 89.4 Å². The van der Waals surface area contributed by atoms with Crippen molar-refractivity contribution in [3.8, 4) is 5.75 Å². The first-order valence-corrected chi connectivity index (χ1v) is 5.37. The van der Waals surface area contributed by atoms with Crippen LogP contribution in [0.4, 0.5) is 4.39 Å². The highest BCUT2D eigenvalue weighted by molar-refractivity contribution is 5.33. The van der Waals surface area contributed by atoms with Crippen LogP contribution in [-0.4, -0.2) is 19.7 Å². The molecule has 15 heavy (non-hydrogen) atoms. The molecule has 1 N–H and O–H groups in total. The van der Waals surface area contributed by atoms with E-state index in [-0.39, 0.29) is 0 Å². The zero-order valence-corrected chi connectivity index (χ0v) is 8.92. The van der Waals surface area contributed by atoms with Crippen molar-refractivity contribution in [1.82, 2.24) is 5.32 Å². The topological polar surface area (TPSA) is 21.3 Å². The molecule has 3 heteroatoms. The lowest BCUT2D eigenvalue weighted by atomic mass is 9.95. The molecule has 2 rings (SSSR count). The highest BCUT2D eigenvalue weighted by atomic mass is 19.1. The van der Waals surface area contributed by atoms with Crippen LogP contribution in [0.25, 0.3) is 0 Å². The smallest absolute Gasteiger partial charge is 0.149 e. The minimum atomic E-state index is -1.22. The van der Waals surface area contributed by atoms with Crippen LogP contribution in [0.15, 0.2) is 24.3 Å². The molecule has 1 unspecified atom stereocenters. The van der Waals surface area contributed by atoms with Crippen LogP contribution in [0.2, 0.25) is 0 Å². The van der Waals surface area contributed by atoms with Gasteiger partial charge in [-0.25, -0.2) is 4.39 Å². The molecule has 0 bridgehead atoms. The van der Waals surface area contributed by atoms with Crippen LogP contribution in [0.3, 0.4) is 0 Å². The first kappa shape index (κ1) is 10.4. The summed E-state index contributed by atoms with van der Waals surface area (Å²) in [5.41, 5.74) is -0.494. The second-order valence-electron chi connectivity index (χ2n) is 3.85. The van der Waals surface area contributed by atoms with Crippen molar-refractivity contribution in [2.24, 2.45) is 0 Å². The van der Waals surface area contributed by atoms with Crippen molar-refractivity contribution in [3.05, 3.63) is 29.8 Å². The van der Waals surface area contributed by atoms with Gasteiger partial charge in [0.05, 0.1) is 6.61 Å². The number of rotatable bonds is 3. The fourth-order valence-electron chi connectivity index (χ4n) is 1.94. The minimum Gasteiger partial charge on any atom is -0.494 e. The predicted molar refractivity (Wildman–Crippen MR) is 57.9 cm³/mol. The van der Waals surface area contributed by atoms with Crippen LogP contribution in [0.1, 0.15) is 18.9 Å². The van der Waals surface area contributed by atoms with E-state index in [9.17, 15) is 4.39 Å². The molecule has 1 saturated heterocycles. The van der Waals surface area contributed by atoms with Gasteiger partial charge >= 0.3 is 0 Å². The van der Waals surface area contributed by atoms with Gasteiger partial charge in [0.15, 0.2) is 0 Å². The molecular formula is C12H16FNO. The Hall–Kier alpha value is -1.09. The van der Waals surface area contributed by atoms with E-state index in [2.05, 4.69) is 5.32 Å². The van der Waals surface area contributed by atoms with E-state index in [1.54, 1.807) is 6.07 Å². The lowest BCUT2D eigenvalue weighted by Gasteiger charge is -2.19. The Balaban J connectivity index is 2.23. The lowest BCUT2D eigenvalue weighted by Crippen LogP contribution is -2.23. The highest BCUT2D eigenvalue weighted by Crippen LogP contribution is 2.33. The molecule has 0 radical (unpaired) electrons. The van der Waals surface area contributed by atoms with E-state index in [0.717, 1.165) is 17.9 Å². The first-order chi connectivity index (χ1) is 7.24. The molecule has 1 aromatic carbocycles. The zero-order valence-electron chi connectivity index (χ0n) is 8.92. The molecule has 0 amide bonds. The molecule has 2 nitrogen and oxygen atoms in total. The van der Waals surface area contributed by atoms with Gasteiger partial charge in [0.2, 0.25) is 0 Å². The zero-order chi connectivity index (χ0) is 10.7. The van der Waals surface area contributed by atoms with Gasteiger partial charge in [0.1, 0.15) is 11.4 Å². The average Bonchev–Trinajstić information content (AvgIpc) is 2.68. The van der Waals surface area contributed by atoms with E-state index in [1.807, 2.05) is 25.1 Å². The molecule has 1 aromatic rings. The quantitative estimate of drug-likeness (QED) is 0.824. The summed E-state index contributed by atoms with van der Waals surface area (Å²) in [6.07, 6.45) is 0.544. The van der Waals surface area contributed by atoms with Gasteiger partial charge in [-0.15, -0.1) is 0 Å². The molecule has 1 aliphatic rings. The summed E-state index contributed by atoms with van der Waals surface area (Å²) < 4.78 is 19.7. The molecule has 1 atom stereocenters. The Morgan fingerprint density at radius 1 is 1.53 bits per heavy atom. The number of benzene rings is 1. The molecule has 1 fully saturated rings. The first-order valence-electron chi connectivity index (χ1n) is 5.37. The summed E-state index contributed by atoms with van der Waals surface area (Å²) in [5.74, 6) is 0.749. The van der Waals surface area contributed by atoms with Gasteiger partial charge in [-0.2, -0.15) is 0 Å². The van der Waals surface area contributed by atoms with Crippen molar-refractivity contribution >= 4 is 0 Å². The second kappa shape index (κ2) is 4.19. The average molecular weight is 209 g/mol. The Morgan fingerprint density at radius 3 is 3.07 bits per heavy atom. The number of halogens is 1. The standard InChI is InChI=1S/C12H16FNO/c1-2-15-11-5-3-4-10(8-11)12(13)6-7-14-9-12/h3-5,8,14H,2,6-7,9H2,1H3. The molecular weight excluding hydrogens is 193 g/mol. The van der Waals surface area contributed by atoms with Gasteiger partial charge in [0, 0.05) is 6.54 Å². The van der Waals surface area contributed by atoms with Crippen LogP contribution in [-0.2, 0) is 5.67 Å². The van der Waals surface area contributed by atoms with Gasteiger partial charge in [-0.1, -0.05) is 12.1 Å². The van der Waals surface area contributed by atoms with Crippen LogP contribution >= 0.6 is 0 Å². The second-order valence-corrected chi connectivity index (χ2v) is 3.85. The summed E-state index contributed by atoms with van der Waals surface area (Å²) >= 11 is 0. The number of hydrogen-bond donors (Lipinski definition) is 1. The molecule has 0 spiro atoms. The minimum absolute atomic E-state index is 0.405. The molecule has 82 valence electrons. The van der Waals surface area contributed by atoms with Gasteiger partial charge in [-0.05, 0) is 37.6 Å². The van der Waals surface area contributed by atoms with Gasteiger partial charge < -0.3 is 10.1 Å². The molecule has 1 aliphatic heterocycles. The molecule has 0 aromatic heterocycles. The maximum absolute atomic E-state index is 14.3. The SMILES string of the molecule is CCOc1cccc(C2(F)CCNC2)c1. The molecule has 0 aliphatic carbocycles. The lowest BCUT2D eigenvalue weighted by molar-refractivity contribution is 0.192. The monoisotopic (exact) mass is 209 g/mol. The van der Waals surface area contributed by atoms with Crippen molar-refractivity contribution in [1.29, 1.82) is 0 Å². The Morgan fingerprint density at radius 2 is 2.40 bits per heavy atom. The summed E-state index contributed by atoms with van der Waals surface area (Å²) in [7, 11) is 0. The van der Waals surface area contributed by atoms with Gasteiger partial charge in [0.25, 0.3) is 0 Å². The number of alkyl halides is 1. The van der Waals surface area contributed by atoms with Gasteiger partial charge in [-0.3, -0.25) is 0 Å². The van der Waals surface area contributed by atoms with Crippen molar-refractivity contribution in [2.75, 3.05) is 19.7 Å². The summed E-state index contributed by atoms with van der Waals surface area (Å²) in [6.45, 7) is 3.69. The van der Waals surface area contributed by atoms with E-state index < -0.39 is 5.67 Å². The Bertz CT molecular complexity index is 334. The van der Waals surface area contributed by atoms with E-state index in [1.165, 1.54) is 0 Å². The predicted octanol–water partition coefficient (Wildman–Crippen LogP) is 2.24. The molecule has 1 heterocycles. The van der Waals surface area contributed by atoms with E-state index in [0.29, 0.717) is 19.6 Å². The normalized spacial score (nSPS) is 25.5. The largest absolute Gasteiger partial charge is 0.494 e. The number of nitrogens with one attached hydrogen (secondary N) is 1. The maximum Gasteiger partial charge on any atom is 0.149 e. The summed E-state index contributed by atoms with van der Waals surface area (Å²) in [4.78, 5) is 0. The van der Waals surface area contributed by atoms with Crippen LogP contribution in [0.5, 0.6) is 5.75 Å². The van der Waals surface area contributed by atoms with Crippen molar-refractivity contribution in [3.63, 3.8) is 0 Å². The fourth-order valence-corrected chi connectivity index (χ4v) is 1.94. The van der Waals surface area contributed by atoms with Crippen LogP contribution < -0.4 is 10.1 Å². The fraction of sp³-hybridized carbons (Fsp3) is 0.500. The Kier molecular flexibility index (Phi) is 2.91.